The van der Waals surface area contributed by atoms with Gasteiger partial charge in [-0.05, 0) is 42.5 Å². The molecule has 2 aliphatic rings. The summed E-state index contributed by atoms with van der Waals surface area (Å²) in [5.41, 5.74) is -0.722. The second kappa shape index (κ2) is 7.74. The lowest BCUT2D eigenvalue weighted by Crippen LogP contribution is -2.43. The van der Waals surface area contributed by atoms with Crippen LogP contribution in [0.15, 0.2) is 60.2 Å². The van der Waals surface area contributed by atoms with Crippen molar-refractivity contribution in [1.82, 2.24) is 24.3 Å². The maximum atomic E-state index is 14.1. The number of rotatable bonds is 4. The van der Waals surface area contributed by atoms with Gasteiger partial charge in [-0.1, -0.05) is 19.1 Å². The maximum Gasteiger partial charge on any atom is 0.418 e. The van der Waals surface area contributed by atoms with Gasteiger partial charge in [0.15, 0.2) is 0 Å². The third kappa shape index (κ3) is 3.33. The van der Waals surface area contributed by atoms with Crippen molar-refractivity contribution in [2.75, 3.05) is 0 Å². The summed E-state index contributed by atoms with van der Waals surface area (Å²) >= 11 is 0. The molecule has 8 nitrogen and oxygen atoms in total. The number of aromatic nitrogens is 5. The van der Waals surface area contributed by atoms with Gasteiger partial charge in [0, 0.05) is 24.3 Å². The molecule has 36 heavy (non-hydrogen) atoms. The molecule has 0 bridgehead atoms. The first-order valence-corrected chi connectivity index (χ1v) is 11.4. The summed E-state index contributed by atoms with van der Waals surface area (Å²) in [6.07, 6.45) is 1.08. The Bertz CT molecular complexity index is 1550. The summed E-state index contributed by atoms with van der Waals surface area (Å²) in [7, 11) is 1.87. The fraction of sp³-hybridized carbons (Fsp3) is 0.320. The predicted octanol–water partition coefficient (Wildman–Crippen LogP) is 4.70. The van der Waals surface area contributed by atoms with Crippen LogP contribution < -0.4 is 5.56 Å². The molecule has 4 aromatic rings. The summed E-state index contributed by atoms with van der Waals surface area (Å²) in [6, 6.07) is 8.32. The number of benzene rings is 1. The largest absolute Gasteiger partial charge is 0.454 e. The number of halogens is 3. The fourth-order valence-electron chi connectivity index (χ4n) is 5.51. The molecular weight excluding hydrogens is 475 g/mol. The van der Waals surface area contributed by atoms with Crippen LogP contribution in [0.5, 0.6) is 0 Å². The number of nitrogens with zero attached hydrogens (tertiary/aromatic N) is 4. The number of pyridine rings is 1. The van der Waals surface area contributed by atoms with E-state index in [-0.39, 0.29) is 16.6 Å². The zero-order chi connectivity index (χ0) is 25.2. The molecule has 1 aliphatic heterocycles. The number of H-pyrrole nitrogens is 1. The Morgan fingerprint density at radius 1 is 1.17 bits per heavy atom. The van der Waals surface area contributed by atoms with Gasteiger partial charge in [0.05, 0.1) is 16.7 Å². The quantitative estimate of drug-likeness (QED) is 0.442. The summed E-state index contributed by atoms with van der Waals surface area (Å²) in [5.74, 6) is 1.24. The van der Waals surface area contributed by atoms with E-state index in [2.05, 4.69) is 22.1 Å². The zero-order valence-electron chi connectivity index (χ0n) is 19.4. The highest BCUT2D eigenvalue weighted by atomic mass is 19.4. The van der Waals surface area contributed by atoms with E-state index < -0.39 is 29.0 Å². The average Bonchev–Trinajstić information content (AvgIpc) is 3.57. The molecule has 0 atom stereocenters. The monoisotopic (exact) mass is 497 g/mol. The lowest BCUT2D eigenvalue weighted by molar-refractivity contribution is -0.136. The van der Waals surface area contributed by atoms with Crippen molar-refractivity contribution in [1.29, 1.82) is 0 Å². The second-order valence-corrected chi connectivity index (χ2v) is 9.52. The number of hydrogen-bond acceptors (Lipinski definition) is 5. The highest BCUT2D eigenvalue weighted by molar-refractivity contribution is 5.84. The van der Waals surface area contributed by atoms with E-state index in [1.54, 1.807) is 24.5 Å². The zero-order valence-corrected chi connectivity index (χ0v) is 19.4. The van der Waals surface area contributed by atoms with Crippen molar-refractivity contribution in [3.05, 3.63) is 88.4 Å². The van der Waals surface area contributed by atoms with Crippen molar-refractivity contribution < 1.29 is 22.6 Å². The molecule has 1 aliphatic carbocycles. The lowest BCUT2D eigenvalue weighted by Gasteiger charge is -2.46. The summed E-state index contributed by atoms with van der Waals surface area (Å²) in [4.78, 5) is 16.2. The number of aromatic amines is 1. The number of aryl methyl sites for hydroxylation is 1. The van der Waals surface area contributed by atoms with Crippen LogP contribution in [-0.4, -0.2) is 24.3 Å². The van der Waals surface area contributed by atoms with Gasteiger partial charge in [-0.3, -0.25) is 9.36 Å². The molecule has 0 unspecified atom stereocenters. The van der Waals surface area contributed by atoms with E-state index in [0.29, 0.717) is 11.6 Å². The van der Waals surface area contributed by atoms with Crippen molar-refractivity contribution in [2.24, 2.45) is 13.0 Å². The second-order valence-electron chi connectivity index (χ2n) is 9.52. The number of ether oxygens (including phenoxy) is 2. The molecule has 6 rings (SSSR count). The molecule has 1 saturated carbocycles. The molecule has 0 amide bonds. The standard InChI is InChI=1S/C25H22F3N5O3/c1-14-10-24(11-14,23-31-29-13-32(23)2)15-4-3-5-16(8-15)33-12-18(25(26,27)28)17-9-19(22-35-6-7-36-22)30-20(17)21(33)34/h3-9,12-14,22,30H,10-11H2,1-2H3. The van der Waals surface area contributed by atoms with Crippen LogP contribution >= 0.6 is 0 Å². The molecule has 186 valence electrons. The van der Waals surface area contributed by atoms with Crippen LogP contribution in [0, 0.1) is 5.92 Å². The van der Waals surface area contributed by atoms with E-state index in [1.807, 2.05) is 17.7 Å². The number of alkyl halides is 3. The molecule has 11 heteroatoms. The Morgan fingerprint density at radius 3 is 2.56 bits per heavy atom. The first kappa shape index (κ1) is 22.4. The van der Waals surface area contributed by atoms with Crippen LogP contribution in [0.1, 0.15) is 48.7 Å². The van der Waals surface area contributed by atoms with Gasteiger partial charge in [0.1, 0.15) is 30.2 Å². The smallest absolute Gasteiger partial charge is 0.418 e. The predicted molar refractivity (Wildman–Crippen MR) is 123 cm³/mol. The first-order valence-electron chi connectivity index (χ1n) is 11.4. The van der Waals surface area contributed by atoms with E-state index in [4.69, 9.17) is 9.47 Å². The molecule has 1 fully saturated rings. The Morgan fingerprint density at radius 2 is 1.92 bits per heavy atom. The van der Waals surface area contributed by atoms with Crippen LogP contribution in [-0.2, 0) is 28.1 Å². The van der Waals surface area contributed by atoms with E-state index >= 15 is 0 Å². The van der Waals surface area contributed by atoms with Gasteiger partial charge in [-0.25, -0.2) is 0 Å². The number of hydrogen-bond donors (Lipinski definition) is 1. The van der Waals surface area contributed by atoms with Crippen molar-refractivity contribution in [3.8, 4) is 5.69 Å². The minimum absolute atomic E-state index is 0.176. The Labute approximate surface area is 203 Å². The molecule has 0 radical (unpaired) electrons. The van der Waals surface area contributed by atoms with Gasteiger partial charge in [0.2, 0.25) is 0 Å². The van der Waals surface area contributed by atoms with E-state index in [1.165, 1.54) is 18.6 Å². The maximum absolute atomic E-state index is 14.1. The first-order chi connectivity index (χ1) is 17.2. The average molecular weight is 497 g/mol. The number of nitrogens with one attached hydrogen (secondary N) is 1. The fourth-order valence-corrected chi connectivity index (χ4v) is 5.51. The lowest BCUT2D eigenvalue weighted by atomic mass is 9.58. The minimum Gasteiger partial charge on any atom is -0.454 e. The normalized spacial score (nSPS) is 22.0. The van der Waals surface area contributed by atoms with Crippen LogP contribution in [0.25, 0.3) is 16.6 Å². The van der Waals surface area contributed by atoms with Gasteiger partial charge >= 0.3 is 6.18 Å². The molecule has 1 N–H and O–H groups in total. The third-order valence-corrected chi connectivity index (χ3v) is 7.05. The Kier molecular flexibility index (Phi) is 4.83. The summed E-state index contributed by atoms with van der Waals surface area (Å²) in [5, 5.41) is 8.12. The molecule has 0 saturated heterocycles. The van der Waals surface area contributed by atoms with Crippen molar-refractivity contribution >= 4 is 10.9 Å². The van der Waals surface area contributed by atoms with Crippen LogP contribution in [0.4, 0.5) is 13.2 Å². The summed E-state index contributed by atoms with van der Waals surface area (Å²) < 4.78 is 55.7. The molecular formula is C25H22F3N5O3. The van der Waals surface area contributed by atoms with E-state index in [9.17, 15) is 18.0 Å². The minimum atomic E-state index is -4.69. The van der Waals surface area contributed by atoms with E-state index in [0.717, 1.165) is 35.0 Å². The molecule has 0 spiro atoms. The van der Waals surface area contributed by atoms with Crippen molar-refractivity contribution in [3.63, 3.8) is 0 Å². The van der Waals surface area contributed by atoms with Gasteiger partial charge < -0.3 is 19.0 Å². The molecule has 4 heterocycles. The van der Waals surface area contributed by atoms with Crippen LogP contribution in [0.3, 0.4) is 0 Å². The molecule has 3 aromatic heterocycles. The van der Waals surface area contributed by atoms with Gasteiger partial charge in [0.25, 0.3) is 11.8 Å². The molecule has 1 aromatic carbocycles. The van der Waals surface area contributed by atoms with Crippen LogP contribution in [0.2, 0.25) is 0 Å². The Hall–Kier alpha value is -4.02. The highest BCUT2D eigenvalue weighted by Gasteiger charge is 2.48. The number of fused-ring (bicyclic) bond motifs is 1. The van der Waals surface area contributed by atoms with Crippen molar-refractivity contribution in [2.45, 2.75) is 37.6 Å². The summed E-state index contributed by atoms with van der Waals surface area (Å²) in [6.45, 7) is 2.14. The van der Waals surface area contributed by atoms with Gasteiger partial charge in [-0.2, -0.15) is 13.2 Å². The SMILES string of the molecule is CC1CC(c2cccc(-n3cc(C(F)(F)F)c4cc(C5OC=CO5)[nH]c4c3=O)c2)(c2nncn2C)C1. The Balaban J connectivity index is 1.52. The topological polar surface area (TPSA) is 87.0 Å². The third-order valence-electron chi connectivity index (χ3n) is 7.05. The highest BCUT2D eigenvalue weighted by Crippen LogP contribution is 2.51. The van der Waals surface area contributed by atoms with Gasteiger partial charge in [-0.15, -0.1) is 10.2 Å².